The summed E-state index contributed by atoms with van der Waals surface area (Å²) in [5, 5.41) is 0. The second kappa shape index (κ2) is 4.30. The number of hydrogen-bond donors (Lipinski definition) is 0. The average molecular weight is 177 g/mol. The van der Waals surface area contributed by atoms with Crippen molar-refractivity contribution in [3.05, 3.63) is 43.2 Å². The van der Waals surface area contributed by atoms with Crippen LogP contribution >= 0.6 is 0 Å². The summed E-state index contributed by atoms with van der Waals surface area (Å²) in [6.45, 7) is 3.31. The van der Waals surface area contributed by atoms with Crippen LogP contribution in [0.25, 0.3) is 0 Å². The highest BCUT2D eigenvalue weighted by atomic mass is 16.5. The second-order valence-electron chi connectivity index (χ2n) is 2.44. The van der Waals surface area contributed by atoms with Crippen molar-refractivity contribution in [1.29, 1.82) is 0 Å². The molecule has 68 valence electrons. The van der Waals surface area contributed by atoms with Gasteiger partial charge >= 0.3 is 6.09 Å². The SMILES string of the molecule is C=COC(=O)N(C)c1ccccc1. The minimum Gasteiger partial charge on any atom is -0.419 e. The number of nitrogens with zero attached hydrogens (tertiary/aromatic N) is 1. The van der Waals surface area contributed by atoms with Crippen molar-refractivity contribution in [2.45, 2.75) is 0 Å². The fraction of sp³-hybridized carbons (Fsp3) is 0.100. The first-order valence-electron chi connectivity index (χ1n) is 3.86. The Balaban J connectivity index is 2.73. The summed E-state index contributed by atoms with van der Waals surface area (Å²) < 4.78 is 4.61. The fourth-order valence-electron chi connectivity index (χ4n) is 0.907. The first kappa shape index (κ1) is 9.32. The molecular formula is C10H11NO2. The van der Waals surface area contributed by atoms with Crippen LogP contribution in [-0.4, -0.2) is 13.1 Å². The summed E-state index contributed by atoms with van der Waals surface area (Å²) in [6.07, 6.45) is 0.670. The lowest BCUT2D eigenvalue weighted by Gasteiger charge is -2.14. The summed E-state index contributed by atoms with van der Waals surface area (Å²) in [5.41, 5.74) is 0.786. The van der Waals surface area contributed by atoms with Gasteiger partial charge in [-0.3, -0.25) is 4.90 Å². The lowest BCUT2D eigenvalue weighted by Crippen LogP contribution is -2.25. The Morgan fingerprint density at radius 2 is 2.08 bits per heavy atom. The van der Waals surface area contributed by atoms with Crippen LogP contribution in [0.15, 0.2) is 43.2 Å². The maximum absolute atomic E-state index is 11.2. The van der Waals surface area contributed by atoms with E-state index >= 15 is 0 Å². The number of benzene rings is 1. The minimum absolute atomic E-state index is 0.443. The highest BCUT2D eigenvalue weighted by Gasteiger charge is 2.09. The Hall–Kier alpha value is -1.77. The summed E-state index contributed by atoms with van der Waals surface area (Å²) in [4.78, 5) is 12.6. The first-order chi connectivity index (χ1) is 6.25. The van der Waals surface area contributed by atoms with Gasteiger partial charge in [0.05, 0.1) is 6.26 Å². The molecule has 0 saturated heterocycles. The monoisotopic (exact) mass is 177 g/mol. The molecule has 0 saturated carbocycles. The van der Waals surface area contributed by atoms with Gasteiger partial charge in [0, 0.05) is 12.7 Å². The molecule has 0 radical (unpaired) electrons. The Morgan fingerprint density at radius 3 is 2.62 bits per heavy atom. The van der Waals surface area contributed by atoms with Crippen LogP contribution in [0.3, 0.4) is 0 Å². The largest absolute Gasteiger partial charge is 0.419 e. The third-order valence-electron chi connectivity index (χ3n) is 1.60. The van der Waals surface area contributed by atoms with Crippen LogP contribution < -0.4 is 4.90 Å². The normalized spacial score (nSPS) is 9.00. The molecule has 0 aromatic heterocycles. The van der Waals surface area contributed by atoms with Crippen LogP contribution in [-0.2, 0) is 4.74 Å². The highest BCUT2D eigenvalue weighted by molar-refractivity contribution is 5.87. The zero-order valence-electron chi connectivity index (χ0n) is 7.43. The van der Waals surface area contributed by atoms with E-state index in [9.17, 15) is 4.79 Å². The van der Waals surface area contributed by atoms with Gasteiger partial charge in [-0.25, -0.2) is 4.79 Å². The predicted molar refractivity (Wildman–Crippen MR) is 51.5 cm³/mol. The van der Waals surface area contributed by atoms with Gasteiger partial charge < -0.3 is 4.74 Å². The molecule has 1 aromatic rings. The maximum Gasteiger partial charge on any atom is 0.418 e. The third kappa shape index (κ3) is 2.33. The molecular weight excluding hydrogens is 166 g/mol. The van der Waals surface area contributed by atoms with E-state index in [1.807, 2.05) is 30.3 Å². The van der Waals surface area contributed by atoms with Crippen molar-refractivity contribution in [3.8, 4) is 0 Å². The van der Waals surface area contributed by atoms with E-state index in [2.05, 4.69) is 11.3 Å². The first-order valence-corrected chi connectivity index (χ1v) is 3.86. The van der Waals surface area contributed by atoms with Crippen molar-refractivity contribution in [1.82, 2.24) is 0 Å². The predicted octanol–water partition coefficient (Wildman–Crippen LogP) is 2.40. The molecule has 0 bridgehead atoms. The van der Waals surface area contributed by atoms with Gasteiger partial charge in [-0.15, -0.1) is 0 Å². The number of hydrogen-bond acceptors (Lipinski definition) is 2. The van der Waals surface area contributed by atoms with Crippen molar-refractivity contribution >= 4 is 11.8 Å². The maximum atomic E-state index is 11.2. The fourth-order valence-corrected chi connectivity index (χ4v) is 0.907. The standard InChI is InChI=1S/C10H11NO2/c1-3-13-10(12)11(2)9-7-5-4-6-8-9/h3-8H,1H2,2H3. The smallest absolute Gasteiger partial charge is 0.418 e. The summed E-state index contributed by atoms with van der Waals surface area (Å²) >= 11 is 0. The summed E-state index contributed by atoms with van der Waals surface area (Å²) in [6, 6.07) is 9.24. The van der Waals surface area contributed by atoms with E-state index in [0.717, 1.165) is 11.9 Å². The Bertz CT molecular complexity index is 295. The number of rotatable bonds is 2. The number of carbonyl (C=O) groups excluding carboxylic acids is 1. The van der Waals surface area contributed by atoms with Crippen molar-refractivity contribution in [2.75, 3.05) is 11.9 Å². The zero-order valence-corrected chi connectivity index (χ0v) is 7.43. The molecule has 0 aliphatic rings. The molecule has 0 fully saturated rings. The average Bonchev–Trinajstić information content (AvgIpc) is 2.18. The van der Waals surface area contributed by atoms with Crippen LogP contribution in [0.5, 0.6) is 0 Å². The topological polar surface area (TPSA) is 29.5 Å². The molecule has 1 amide bonds. The molecule has 3 heteroatoms. The number of carbonyl (C=O) groups is 1. The van der Waals surface area contributed by atoms with Gasteiger partial charge in [-0.05, 0) is 12.1 Å². The lowest BCUT2D eigenvalue weighted by molar-refractivity contribution is 0.195. The number of amides is 1. The summed E-state index contributed by atoms with van der Waals surface area (Å²) in [7, 11) is 1.64. The second-order valence-corrected chi connectivity index (χ2v) is 2.44. The zero-order chi connectivity index (χ0) is 9.68. The molecule has 1 rings (SSSR count). The van der Waals surface area contributed by atoms with Crippen LogP contribution in [0.4, 0.5) is 10.5 Å². The highest BCUT2D eigenvalue weighted by Crippen LogP contribution is 2.11. The molecule has 3 nitrogen and oxygen atoms in total. The van der Waals surface area contributed by atoms with Crippen molar-refractivity contribution < 1.29 is 9.53 Å². The lowest BCUT2D eigenvalue weighted by atomic mass is 10.3. The van der Waals surface area contributed by atoms with Crippen molar-refractivity contribution in [2.24, 2.45) is 0 Å². The van der Waals surface area contributed by atoms with Gasteiger partial charge in [-0.2, -0.15) is 0 Å². The van der Waals surface area contributed by atoms with Crippen molar-refractivity contribution in [3.63, 3.8) is 0 Å². The molecule has 0 spiro atoms. The van der Waals surface area contributed by atoms with Gasteiger partial charge in [0.25, 0.3) is 0 Å². The van der Waals surface area contributed by atoms with Crippen LogP contribution in [0.1, 0.15) is 0 Å². The Morgan fingerprint density at radius 1 is 1.46 bits per heavy atom. The van der Waals surface area contributed by atoms with E-state index in [-0.39, 0.29) is 0 Å². The van der Waals surface area contributed by atoms with E-state index in [4.69, 9.17) is 0 Å². The molecule has 0 aliphatic carbocycles. The molecule has 0 heterocycles. The van der Waals surface area contributed by atoms with Crippen LogP contribution in [0, 0.1) is 0 Å². The number of anilines is 1. The molecule has 0 aliphatic heterocycles. The number of para-hydroxylation sites is 1. The Kier molecular flexibility index (Phi) is 3.09. The van der Waals surface area contributed by atoms with Gasteiger partial charge in [0.2, 0.25) is 0 Å². The minimum atomic E-state index is -0.443. The number of ether oxygens (including phenoxy) is 1. The molecule has 13 heavy (non-hydrogen) atoms. The van der Waals surface area contributed by atoms with E-state index < -0.39 is 6.09 Å². The molecule has 1 aromatic carbocycles. The molecule has 0 unspecified atom stereocenters. The van der Waals surface area contributed by atoms with E-state index in [1.165, 1.54) is 4.90 Å². The van der Waals surface area contributed by atoms with Gasteiger partial charge in [0.1, 0.15) is 0 Å². The van der Waals surface area contributed by atoms with Crippen LogP contribution in [0.2, 0.25) is 0 Å². The van der Waals surface area contributed by atoms with Gasteiger partial charge in [-0.1, -0.05) is 24.8 Å². The summed E-state index contributed by atoms with van der Waals surface area (Å²) in [5.74, 6) is 0. The van der Waals surface area contributed by atoms with Gasteiger partial charge in [0.15, 0.2) is 0 Å². The Labute approximate surface area is 77.2 Å². The third-order valence-corrected chi connectivity index (χ3v) is 1.60. The molecule has 0 N–H and O–H groups in total. The van der Waals surface area contributed by atoms with E-state index in [1.54, 1.807) is 7.05 Å². The quantitative estimate of drug-likeness (QED) is 0.649. The molecule has 0 atom stereocenters. The van der Waals surface area contributed by atoms with E-state index in [0.29, 0.717) is 0 Å².